The number of hydrogen-bond donors (Lipinski definition) is 10. The van der Waals surface area contributed by atoms with Crippen LogP contribution in [0.1, 0.15) is 6.42 Å². The molecule has 2 saturated heterocycles. The Hall–Kier alpha value is -0.660. The highest BCUT2D eigenvalue weighted by molar-refractivity contribution is 7.32. The normalized spacial score (nSPS) is 38.8. The van der Waals surface area contributed by atoms with E-state index in [-0.39, 0.29) is 13.2 Å². The molecule has 0 aromatic rings. The second kappa shape index (κ2) is 14.6. The van der Waals surface area contributed by atoms with Gasteiger partial charge in [-0.2, -0.15) is 0 Å². The maximum atomic E-state index is 12.2. The van der Waals surface area contributed by atoms with Gasteiger partial charge in [-0.05, 0) is 7.05 Å². The van der Waals surface area contributed by atoms with E-state index in [0.29, 0.717) is 13.1 Å². The molecule has 2 heterocycles. The van der Waals surface area contributed by atoms with Crippen LogP contribution < -0.4 is 5.73 Å². The Morgan fingerprint density at radius 3 is 2.35 bits per heavy atom. The summed E-state index contributed by atoms with van der Waals surface area (Å²) < 4.78 is 22.3. The number of nitrogens with zero attached hydrogens (tertiary/aromatic N) is 1. The van der Waals surface area contributed by atoms with Crippen LogP contribution in [0.5, 0.6) is 0 Å². The molecule has 11 N–H and O–H groups in total. The summed E-state index contributed by atoms with van der Waals surface area (Å²) in [7, 11) is 0.748. The molecule has 17 heteroatoms. The highest BCUT2D eigenvalue weighted by Gasteiger charge is 2.57. The van der Waals surface area contributed by atoms with Crippen molar-refractivity contribution in [2.75, 3.05) is 46.5 Å². The third kappa shape index (κ3) is 7.72. The molecule has 0 aromatic carbocycles. The molecule has 37 heavy (non-hydrogen) atoms. The van der Waals surface area contributed by atoms with Crippen LogP contribution in [0.3, 0.4) is 0 Å². The quantitative estimate of drug-likeness (QED) is 0.0884. The zero-order valence-corrected chi connectivity index (χ0v) is 21.3. The fourth-order valence-electron chi connectivity index (χ4n) is 4.20. The third-order valence-corrected chi connectivity index (χ3v) is 7.22. The van der Waals surface area contributed by atoms with Gasteiger partial charge in [0.25, 0.3) is 5.79 Å². The van der Waals surface area contributed by atoms with Gasteiger partial charge in [-0.15, -0.1) is 0 Å². The Bertz CT molecular complexity index is 708. The van der Waals surface area contributed by atoms with Gasteiger partial charge in [0.2, 0.25) is 0 Å². The topological polar surface area (TPSA) is 265 Å². The standard InChI is InChI=1S/C20H39N2O14P/c1-22(3-2-21)4-5-33-20(19(30)31)6-9(25)16(17(36-20)11(8-24)37-32)35-18-14(29)12(27)13(28)15(34-18)10(26)7-23/h9-18,23-29,32,37H,2-8,21H2,1H3,(H,30,31)/t9-,10+,11-,12?,13+,14-,15?,16-,17?,18-,20-/m1/s1. The summed E-state index contributed by atoms with van der Waals surface area (Å²) in [6, 6.07) is 0. The van der Waals surface area contributed by atoms with Crippen LogP contribution >= 0.6 is 8.81 Å². The fourth-order valence-corrected chi connectivity index (χ4v) is 4.68. The number of hydrogen-bond acceptors (Lipinski definition) is 15. The Balaban J connectivity index is 2.29. The first kappa shape index (κ1) is 32.6. The highest BCUT2D eigenvalue weighted by Crippen LogP contribution is 2.39. The van der Waals surface area contributed by atoms with E-state index in [4.69, 9.17) is 24.7 Å². The van der Waals surface area contributed by atoms with Crippen molar-refractivity contribution in [3.63, 3.8) is 0 Å². The third-order valence-electron chi connectivity index (χ3n) is 6.38. The van der Waals surface area contributed by atoms with Crippen molar-refractivity contribution in [2.45, 2.75) is 73.0 Å². The molecule has 0 aromatic heterocycles. The predicted molar refractivity (Wildman–Crippen MR) is 124 cm³/mol. The smallest absolute Gasteiger partial charge is 0.364 e. The molecule has 0 amide bonds. The zero-order valence-electron chi connectivity index (χ0n) is 20.3. The van der Waals surface area contributed by atoms with Crippen molar-refractivity contribution in [2.24, 2.45) is 5.73 Å². The van der Waals surface area contributed by atoms with Crippen LogP contribution in [-0.2, 0) is 23.7 Å². The molecule has 2 fully saturated rings. The molecule has 2 aliphatic rings. The molecule has 0 aliphatic carbocycles. The first-order valence-corrected chi connectivity index (χ1v) is 12.7. The maximum Gasteiger partial charge on any atom is 0.364 e. The van der Waals surface area contributed by atoms with Crippen LogP contribution in [0.2, 0.25) is 0 Å². The van der Waals surface area contributed by atoms with E-state index in [2.05, 4.69) is 0 Å². The SMILES string of the molecule is CN(CCN)CCO[C@]1(C(=O)O)C[C@@H](O)[C@@H](O[C@H]2OC([C@@H](O)CO)[C@@H](O)C(O)[C@H]2O)C([C@@H](CO)PO)O1. The van der Waals surface area contributed by atoms with Crippen molar-refractivity contribution >= 4 is 14.8 Å². The van der Waals surface area contributed by atoms with Crippen molar-refractivity contribution < 1.29 is 69.5 Å². The summed E-state index contributed by atoms with van der Waals surface area (Å²) in [4.78, 5) is 23.8. The first-order valence-electron chi connectivity index (χ1n) is 11.7. The van der Waals surface area contributed by atoms with Crippen LogP contribution in [-0.4, -0.2) is 170 Å². The number of carboxylic acid groups (broad SMARTS) is 1. The van der Waals surface area contributed by atoms with Gasteiger partial charge in [-0.25, -0.2) is 4.79 Å². The van der Waals surface area contributed by atoms with Gasteiger partial charge < -0.3 is 75.3 Å². The summed E-state index contributed by atoms with van der Waals surface area (Å²) in [6.07, 6.45) is -16.0. The molecule has 4 unspecified atom stereocenters. The highest BCUT2D eigenvalue weighted by atomic mass is 31.1. The Morgan fingerprint density at radius 1 is 1.14 bits per heavy atom. The number of carboxylic acids is 1. The van der Waals surface area contributed by atoms with Crippen LogP contribution in [0.25, 0.3) is 0 Å². The summed E-state index contributed by atoms with van der Waals surface area (Å²) in [6.45, 7) is -0.537. The lowest BCUT2D eigenvalue weighted by Crippen LogP contribution is -2.66. The number of likely N-dealkylation sites (N-methyl/N-ethyl adjacent to an activating group) is 1. The average molecular weight is 563 g/mol. The Kier molecular flexibility index (Phi) is 12.9. The van der Waals surface area contributed by atoms with Gasteiger partial charge in [0.05, 0.1) is 31.6 Å². The fraction of sp³-hybridized carbons (Fsp3) is 0.950. The molecule has 12 atom stereocenters. The molecule has 0 bridgehead atoms. The minimum atomic E-state index is -2.38. The number of nitrogens with two attached hydrogens (primary N) is 1. The molecule has 2 aliphatic heterocycles. The van der Waals surface area contributed by atoms with Crippen LogP contribution in [0.4, 0.5) is 0 Å². The number of carbonyl (C=O) groups is 1. The minimum Gasteiger partial charge on any atom is -0.477 e. The number of aliphatic hydroxyl groups excluding tert-OH is 7. The maximum absolute atomic E-state index is 12.2. The summed E-state index contributed by atoms with van der Waals surface area (Å²) in [5, 5.41) is 80.5. The first-order chi connectivity index (χ1) is 17.5. The van der Waals surface area contributed by atoms with E-state index >= 15 is 0 Å². The Morgan fingerprint density at radius 2 is 1.81 bits per heavy atom. The van der Waals surface area contributed by atoms with E-state index in [0.717, 1.165) is 0 Å². The van der Waals surface area contributed by atoms with E-state index in [1.54, 1.807) is 11.9 Å². The molecule has 0 spiro atoms. The Labute approximate surface area is 215 Å². The molecule has 218 valence electrons. The largest absolute Gasteiger partial charge is 0.477 e. The molecule has 0 radical (unpaired) electrons. The average Bonchev–Trinajstić information content (AvgIpc) is 2.86. The molecule has 16 nitrogen and oxygen atoms in total. The second-order valence-electron chi connectivity index (χ2n) is 9.06. The van der Waals surface area contributed by atoms with E-state index in [1.807, 2.05) is 0 Å². The van der Waals surface area contributed by atoms with Gasteiger partial charge in [0, 0.05) is 34.9 Å². The minimum absolute atomic E-state index is 0.131. The summed E-state index contributed by atoms with van der Waals surface area (Å²) in [5.41, 5.74) is 4.34. The van der Waals surface area contributed by atoms with Gasteiger partial charge in [0.15, 0.2) is 6.29 Å². The number of aliphatic hydroxyl groups is 7. The number of aliphatic carboxylic acids is 1. The van der Waals surface area contributed by atoms with Crippen LogP contribution in [0.15, 0.2) is 0 Å². The lowest BCUT2D eigenvalue weighted by atomic mass is 9.92. The van der Waals surface area contributed by atoms with Gasteiger partial charge >= 0.3 is 5.97 Å². The van der Waals surface area contributed by atoms with Crippen molar-refractivity contribution in [1.29, 1.82) is 0 Å². The molecule has 0 saturated carbocycles. The van der Waals surface area contributed by atoms with Crippen LogP contribution in [0, 0.1) is 0 Å². The summed E-state index contributed by atoms with van der Waals surface area (Å²) in [5.74, 6) is -3.95. The van der Waals surface area contributed by atoms with Crippen molar-refractivity contribution in [3.05, 3.63) is 0 Å². The monoisotopic (exact) mass is 562 g/mol. The predicted octanol–water partition coefficient (Wildman–Crippen LogP) is -5.68. The molecule has 2 rings (SSSR count). The van der Waals surface area contributed by atoms with Gasteiger partial charge in [-0.3, -0.25) is 0 Å². The van der Waals surface area contributed by atoms with Crippen molar-refractivity contribution in [3.8, 4) is 0 Å². The molecular weight excluding hydrogens is 523 g/mol. The number of rotatable bonds is 14. The van der Waals surface area contributed by atoms with E-state index in [1.165, 1.54) is 0 Å². The van der Waals surface area contributed by atoms with E-state index < -0.39 is 101 Å². The van der Waals surface area contributed by atoms with Crippen molar-refractivity contribution in [1.82, 2.24) is 4.90 Å². The lowest BCUT2D eigenvalue weighted by Gasteiger charge is -2.49. The lowest BCUT2D eigenvalue weighted by molar-refractivity contribution is -0.362. The van der Waals surface area contributed by atoms with Gasteiger partial charge in [-0.1, -0.05) is 0 Å². The van der Waals surface area contributed by atoms with Gasteiger partial charge in [0.1, 0.15) is 42.7 Å². The summed E-state index contributed by atoms with van der Waals surface area (Å²) >= 11 is 0. The van der Waals surface area contributed by atoms with E-state index in [9.17, 15) is 50.5 Å². The molecular formula is C20H39N2O14P. The number of ether oxygens (including phenoxy) is 4. The zero-order chi connectivity index (χ0) is 27.9. The second-order valence-corrected chi connectivity index (χ2v) is 10.1.